The van der Waals surface area contributed by atoms with E-state index in [1.165, 1.54) is 0 Å². The Balaban J connectivity index is 1.67. The number of nitriles is 1. The van der Waals surface area contributed by atoms with E-state index in [1.54, 1.807) is 31.4 Å². The van der Waals surface area contributed by atoms with E-state index >= 15 is 0 Å². The van der Waals surface area contributed by atoms with Gasteiger partial charge >= 0.3 is 0 Å². The molecule has 0 bridgehead atoms. The third kappa shape index (κ3) is 2.97. The van der Waals surface area contributed by atoms with Crippen LogP contribution < -0.4 is 0 Å². The highest BCUT2D eigenvalue weighted by Gasteiger charge is 2.50. The highest BCUT2D eigenvalue weighted by molar-refractivity contribution is 5.95. The molecule has 0 aliphatic carbocycles. The van der Waals surface area contributed by atoms with Crippen molar-refractivity contribution in [2.24, 2.45) is 5.92 Å². The molecule has 0 N–H and O–H groups in total. The van der Waals surface area contributed by atoms with Crippen LogP contribution in [0.15, 0.2) is 24.3 Å². The molecule has 2 saturated heterocycles. The SMILES string of the molecule is COC[C@H]1CCN(C)C2(C1)CN(C(=O)c1cccc(C#N)c1)C2. The zero-order valence-corrected chi connectivity index (χ0v) is 13.8. The van der Waals surface area contributed by atoms with E-state index in [0.29, 0.717) is 17.0 Å². The molecule has 0 saturated carbocycles. The summed E-state index contributed by atoms with van der Waals surface area (Å²) in [7, 11) is 3.91. The number of methoxy groups -OCH3 is 1. The number of hydrogen-bond donors (Lipinski definition) is 0. The van der Waals surface area contributed by atoms with Crippen LogP contribution in [0, 0.1) is 17.2 Å². The second-order valence-electron chi connectivity index (χ2n) is 6.81. The standard InChI is InChI=1S/C18H23N3O2/c1-20-7-6-15(11-23-2)9-18(20)12-21(13-18)17(22)16-5-3-4-14(8-16)10-19/h3-5,8,15H,6-7,9,11-13H2,1-2H3/t15-/m0/s1. The highest BCUT2D eigenvalue weighted by Crippen LogP contribution is 2.38. The summed E-state index contributed by atoms with van der Waals surface area (Å²) in [5, 5.41) is 8.97. The molecule has 2 aliphatic rings. The van der Waals surface area contributed by atoms with Crippen molar-refractivity contribution in [2.45, 2.75) is 18.4 Å². The molecule has 23 heavy (non-hydrogen) atoms. The van der Waals surface area contributed by atoms with Gasteiger partial charge in [-0.15, -0.1) is 0 Å². The highest BCUT2D eigenvalue weighted by atomic mass is 16.5. The molecule has 2 heterocycles. The zero-order valence-electron chi connectivity index (χ0n) is 13.8. The molecular formula is C18H23N3O2. The molecule has 1 aromatic carbocycles. The largest absolute Gasteiger partial charge is 0.384 e. The minimum absolute atomic E-state index is 0.0231. The number of rotatable bonds is 3. The molecule has 5 nitrogen and oxygen atoms in total. The van der Waals surface area contributed by atoms with Crippen LogP contribution in [0.3, 0.4) is 0 Å². The van der Waals surface area contributed by atoms with Gasteiger partial charge in [0.1, 0.15) is 0 Å². The monoisotopic (exact) mass is 313 g/mol. The average molecular weight is 313 g/mol. The Morgan fingerprint density at radius 2 is 2.26 bits per heavy atom. The predicted molar refractivity (Wildman–Crippen MR) is 87.0 cm³/mol. The second kappa shape index (κ2) is 6.31. The van der Waals surface area contributed by atoms with Crippen molar-refractivity contribution in [1.29, 1.82) is 5.26 Å². The van der Waals surface area contributed by atoms with Crippen LogP contribution in [0.1, 0.15) is 28.8 Å². The van der Waals surface area contributed by atoms with Crippen molar-refractivity contribution in [3.05, 3.63) is 35.4 Å². The molecule has 0 radical (unpaired) electrons. The van der Waals surface area contributed by atoms with Gasteiger partial charge in [-0.3, -0.25) is 9.69 Å². The first-order chi connectivity index (χ1) is 11.1. The summed E-state index contributed by atoms with van der Waals surface area (Å²) in [4.78, 5) is 16.9. The topological polar surface area (TPSA) is 56.6 Å². The molecule has 1 amide bonds. The molecule has 1 atom stereocenters. The smallest absolute Gasteiger partial charge is 0.254 e. The number of carbonyl (C=O) groups excluding carboxylic acids is 1. The summed E-state index contributed by atoms with van der Waals surface area (Å²) in [6.07, 6.45) is 2.24. The lowest BCUT2D eigenvalue weighted by molar-refractivity contribution is -0.0731. The Kier molecular flexibility index (Phi) is 4.38. The number of piperidine rings is 1. The Morgan fingerprint density at radius 3 is 2.96 bits per heavy atom. The van der Waals surface area contributed by atoms with Crippen LogP contribution in [0.4, 0.5) is 0 Å². The Bertz CT molecular complexity index is 631. The van der Waals surface area contributed by atoms with Gasteiger partial charge in [0, 0.05) is 32.4 Å². The number of nitrogens with zero attached hydrogens (tertiary/aromatic N) is 3. The van der Waals surface area contributed by atoms with E-state index in [4.69, 9.17) is 10.00 Å². The van der Waals surface area contributed by atoms with Crippen molar-refractivity contribution < 1.29 is 9.53 Å². The molecule has 122 valence electrons. The lowest BCUT2D eigenvalue weighted by Crippen LogP contribution is -2.72. The fraction of sp³-hybridized carbons (Fsp3) is 0.556. The summed E-state index contributed by atoms with van der Waals surface area (Å²) in [5.74, 6) is 0.602. The van der Waals surface area contributed by atoms with Gasteiger partial charge < -0.3 is 9.64 Å². The maximum atomic E-state index is 12.6. The number of hydrogen-bond acceptors (Lipinski definition) is 4. The zero-order chi connectivity index (χ0) is 16.4. The fourth-order valence-electron chi connectivity index (χ4n) is 3.87. The van der Waals surface area contributed by atoms with Gasteiger partial charge in [0.05, 0.1) is 17.2 Å². The molecule has 2 aliphatic heterocycles. The average Bonchev–Trinajstić information content (AvgIpc) is 2.54. The van der Waals surface area contributed by atoms with Crippen molar-refractivity contribution in [3.63, 3.8) is 0 Å². The molecule has 0 unspecified atom stereocenters. The maximum absolute atomic E-state index is 12.6. The van der Waals surface area contributed by atoms with Crippen LogP contribution in [-0.4, -0.2) is 61.6 Å². The van der Waals surface area contributed by atoms with Gasteiger partial charge in [0.2, 0.25) is 0 Å². The van der Waals surface area contributed by atoms with Gasteiger partial charge in [0.15, 0.2) is 0 Å². The predicted octanol–water partition coefficient (Wildman–Crippen LogP) is 1.74. The number of likely N-dealkylation sites (N-methyl/N-ethyl adjacent to an activating group) is 1. The molecule has 3 rings (SSSR count). The molecule has 0 aromatic heterocycles. The lowest BCUT2D eigenvalue weighted by atomic mass is 9.75. The van der Waals surface area contributed by atoms with Crippen molar-refractivity contribution in [1.82, 2.24) is 9.80 Å². The van der Waals surface area contributed by atoms with Crippen LogP contribution >= 0.6 is 0 Å². The number of benzene rings is 1. The third-order valence-corrected chi connectivity index (χ3v) is 5.25. The first kappa shape index (κ1) is 16.0. The van der Waals surface area contributed by atoms with Gasteiger partial charge in [-0.1, -0.05) is 6.07 Å². The summed E-state index contributed by atoms with van der Waals surface area (Å²) in [5.41, 5.74) is 1.23. The van der Waals surface area contributed by atoms with Gasteiger partial charge in [0.25, 0.3) is 5.91 Å². The summed E-state index contributed by atoms with van der Waals surface area (Å²) in [6.45, 7) is 3.38. The third-order valence-electron chi connectivity index (χ3n) is 5.25. The van der Waals surface area contributed by atoms with E-state index in [1.807, 2.05) is 4.90 Å². The van der Waals surface area contributed by atoms with E-state index < -0.39 is 0 Å². The summed E-state index contributed by atoms with van der Waals surface area (Å²) in [6, 6.07) is 9.03. The van der Waals surface area contributed by atoms with Crippen LogP contribution in [0.5, 0.6) is 0 Å². The van der Waals surface area contributed by atoms with E-state index in [0.717, 1.165) is 39.1 Å². The van der Waals surface area contributed by atoms with Crippen molar-refractivity contribution in [3.8, 4) is 6.07 Å². The van der Waals surface area contributed by atoms with Crippen LogP contribution in [0.25, 0.3) is 0 Å². The van der Waals surface area contributed by atoms with Gasteiger partial charge in [-0.2, -0.15) is 5.26 Å². The fourth-order valence-corrected chi connectivity index (χ4v) is 3.87. The van der Waals surface area contributed by atoms with Gasteiger partial charge in [-0.25, -0.2) is 0 Å². The first-order valence-electron chi connectivity index (χ1n) is 8.07. The van der Waals surface area contributed by atoms with Crippen LogP contribution in [0.2, 0.25) is 0 Å². The number of amides is 1. The maximum Gasteiger partial charge on any atom is 0.254 e. The second-order valence-corrected chi connectivity index (χ2v) is 6.81. The minimum atomic E-state index is 0.0231. The molecule has 1 spiro atoms. The summed E-state index contributed by atoms with van der Waals surface area (Å²) < 4.78 is 5.32. The first-order valence-corrected chi connectivity index (χ1v) is 8.07. The van der Waals surface area contributed by atoms with Gasteiger partial charge in [-0.05, 0) is 50.6 Å². The Morgan fingerprint density at radius 1 is 1.48 bits per heavy atom. The molecule has 5 heteroatoms. The quantitative estimate of drug-likeness (QED) is 0.853. The normalized spacial score (nSPS) is 23.3. The number of likely N-dealkylation sites (tertiary alicyclic amines) is 2. The van der Waals surface area contributed by atoms with Crippen molar-refractivity contribution in [2.75, 3.05) is 40.4 Å². The molecular weight excluding hydrogens is 290 g/mol. The van der Waals surface area contributed by atoms with E-state index in [9.17, 15) is 4.79 Å². The van der Waals surface area contributed by atoms with Crippen LogP contribution in [-0.2, 0) is 4.74 Å². The molecule has 1 aromatic rings. The van der Waals surface area contributed by atoms with E-state index in [-0.39, 0.29) is 11.4 Å². The number of carbonyl (C=O) groups is 1. The Labute approximate surface area is 137 Å². The molecule has 2 fully saturated rings. The minimum Gasteiger partial charge on any atom is -0.384 e. The van der Waals surface area contributed by atoms with E-state index in [2.05, 4.69) is 18.0 Å². The Hall–Kier alpha value is -1.90. The lowest BCUT2D eigenvalue weighted by Gasteiger charge is -2.58. The number of ether oxygens (including phenoxy) is 1. The summed E-state index contributed by atoms with van der Waals surface area (Å²) >= 11 is 0. The van der Waals surface area contributed by atoms with Crippen molar-refractivity contribution >= 4 is 5.91 Å².